The number of nitrogens with zero attached hydrogens (tertiary/aromatic N) is 4. The molecule has 0 atom stereocenters. The number of rotatable bonds is 13. The molecule has 4 aromatic carbocycles. The van der Waals surface area contributed by atoms with Crippen LogP contribution < -0.4 is 25.1 Å². The second-order valence-electron chi connectivity index (χ2n) is 11.8. The molecular weight excluding hydrogens is 638 g/mol. The van der Waals surface area contributed by atoms with Gasteiger partial charge in [0.1, 0.15) is 5.75 Å². The van der Waals surface area contributed by atoms with Crippen molar-refractivity contribution in [2.45, 2.75) is 47.5 Å². The van der Waals surface area contributed by atoms with Crippen molar-refractivity contribution in [2.75, 3.05) is 25.1 Å². The lowest BCUT2D eigenvalue weighted by atomic mass is 9.96. The minimum absolute atomic E-state index is 0.0416. The smallest absolute Gasteiger partial charge is 0.315 e. The van der Waals surface area contributed by atoms with E-state index in [1.807, 2.05) is 45.0 Å². The molecule has 0 fully saturated rings. The molecule has 0 aliphatic carbocycles. The summed E-state index contributed by atoms with van der Waals surface area (Å²) in [6.45, 7) is 11.7. The van der Waals surface area contributed by atoms with Gasteiger partial charge in [-0.25, -0.2) is 4.98 Å². The zero-order valence-electron chi connectivity index (χ0n) is 28.9. The molecule has 0 saturated carbocycles. The van der Waals surface area contributed by atoms with Crippen LogP contribution in [-0.2, 0) is 4.79 Å². The van der Waals surface area contributed by atoms with E-state index < -0.39 is 28.7 Å². The first-order valence-electron chi connectivity index (χ1n) is 16.3. The number of nitrogens with one attached hydrogen (secondary N) is 1. The molecule has 0 radical (unpaired) electrons. The fourth-order valence-corrected chi connectivity index (χ4v) is 5.46. The number of hydrogen-bond acceptors (Lipinski definition) is 9. The molecular formula is C38H39N5O7. The van der Waals surface area contributed by atoms with E-state index in [1.165, 1.54) is 23.0 Å². The maximum absolute atomic E-state index is 13.9. The minimum Gasteiger partial charge on any atom is -0.494 e. The summed E-state index contributed by atoms with van der Waals surface area (Å²) in [5.41, 5.74) is 3.82. The van der Waals surface area contributed by atoms with E-state index in [0.717, 1.165) is 22.4 Å². The summed E-state index contributed by atoms with van der Waals surface area (Å²) in [5, 5.41) is 19.9. The Bertz CT molecular complexity index is 2160. The minimum atomic E-state index is -0.625. The van der Waals surface area contributed by atoms with Crippen LogP contribution in [0.4, 0.5) is 11.4 Å². The van der Waals surface area contributed by atoms with Crippen molar-refractivity contribution in [1.29, 1.82) is 0 Å². The predicted octanol–water partition coefficient (Wildman–Crippen LogP) is 7.41. The van der Waals surface area contributed by atoms with Crippen molar-refractivity contribution in [3.05, 3.63) is 116 Å². The number of aromatic nitrogens is 2. The number of nitro groups is 1. The summed E-state index contributed by atoms with van der Waals surface area (Å²) >= 11 is 0. The summed E-state index contributed by atoms with van der Waals surface area (Å²) in [4.78, 5) is 43.1. The van der Waals surface area contributed by atoms with E-state index in [1.54, 1.807) is 43.3 Å². The summed E-state index contributed by atoms with van der Waals surface area (Å²) in [6.07, 6.45) is 1.33. The van der Waals surface area contributed by atoms with Crippen LogP contribution in [0.15, 0.2) is 82.7 Å². The van der Waals surface area contributed by atoms with Crippen LogP contribution in [0.25, 0.3) is 22.3 Å². The van der Waals surface area contributed by atoms with Crippen molar-refractivity contribution in [2.24, 2.45) is 5.10 Å². The number of ether oxygens (including phenoxy) is 3. The topological polar surface area (TPSA) is 147 Å². The number of aryl methyl sites for hydroxylation is 2. The van der Waals surface area contributed by atoms with Crippen LogP contribution in [0.2, 0.25) is 0 Å². The van der Waals surface area contributed by atoms with E-state index in [2.05, 4.69) is 24.3 Å². The van der Waals surface area contributed by atoms with Gasteiger partial charge in [-0.05, 0) is 86.7 Å². The molecule has 0 unspecified atom stereocenters. The van der Waals surface area contributed by atoms with E-state index in [-0.39, 0.29) is 29.6 Å². The van der Waals surface area contributed by atoms with Crippen LogP contribution >= 0.6 is 0 Å². The third-order valence-corrected chi connectivity index (χ3v) is 7.92. The normalized spacial score (nSPS) is 11.3. The average Bonchev–Trinajstić information content (AvgIpc) is 3.08. The third kappa shape index (κ3) is 7.64. The van der Waals surface area contributed by atoms with Crippen molar-refractivity contribution in [3.63, 3.8) is 0 Å². The Morgan fingerprint density at radius 3 is 2.36 bits per heavy atom. The molecule has 1 N–H and O–H groups in total. The molecule has 50 heavy (non-hydrogen) atoms. The SMILES string of the molecule is CCOc1cc(C)c(-c2nc3ccccc3c(=O)n2N=Cc2cc(OCC)c(OCC(=O)Nc3ccccc3C)c([N+](=O)[O-])c2)cc1C(C)C. The molecule has 0 spiro atoms. The predicted molar refractivity (Wildman–Crippen MR) is 194 cm³/mol. The van der Waals surface area contributed by atoms with Gasteiger partial charge in [0.15, 0.2) is 18.2 Å². The lowest BCUT2D eigenvalue weighted by Crippen LogP contribution is -2.21. The molecule has 12 heteroatoms. The fourth-order valence-electron chi connectivity index (χ4n) is 5.46. The number of anilines is 1. The quantitative estimate of drug-likeness (QED) is 0.0770. The molecule has 1 heterocycles. The van der Waals surface area contributed by atoms with Gasteiger partial charge in [-0.1, -0.05) is 44.2 Å². The van der Waals surface area contributed by atoms with Crippen LogP contribution in [0.1, 0.15) is 55.9 Å². The largest absolute Gasteiger partial charge is 0.494 e. The molecule has 1 aromatic heterocycles. The molecule has 258 valence electrons. The summed E-state index contributed by atoms with van der Waals surface area (Å²) in [6, 6.07) is 20.9. The fraction of sp³-hybridized carbons (Fsp3) is 0.263. The molecule has 12 nitrogen and oxygen atoms in total. The monoisotopic (exact) mass is 677 g/mol. The van der Waals surface area contributed by atoms with Gasteiger partial charge in [0.25, 0.3) is 11.5 Å². The number of para-hydroxylation sites is 2. The van der Waals surface area contributed by atoms with Crippen LogP contribution in [-0.4, -0.2) is 46.5 Å². The summed E-state index contributed by atoms with van der Waals surface area (Å²) in [5.74, 6) is 0.513. The van der Waals surface area contributed by atoms with Crippen molar-refractivity contribution in [1.82, 2.24) is 9.66 Å². The Morgan fingerprint density at radius 1 is 0.960 bits per heavy atom. The second-order valence-corrected chi connectivity index (χ2v) is 11.8. The zero-order chi connectivity index (χ0) is 35.9. The first kappa shape index (κ1) is 35.3. The second kappa shape index (κ2) is 15.5. The standard InChI is InChI=1S/C38H39N5O7/c1-7-48-33-17-25(6)29(20-28(33)23(3)4)37-41-31-16-12-10-14-27(31)38(45)42(37)39-21-26-18-32(43(46)47)36(34(19-26)49-8-2)50-22-35(44)40-30-15-11-9-13-24(30)5/h9-21,23H,7-8,22H2,1-6H3,(H,40,44). The highest BCUT2D eigenvalue weighted by atomic mass is 16.6. The molecule has 0 aliphatic rings. The van der Waals surface area contributed by atoms with E-state index in [4.69, 9.17) is 19.2 Å². The Balaban J connectivity index is 1.58. The highest BCUT2D eigenvalue weighted by Gasteiger charge is 2.24. The van der Waals surface area contributed by atoms with Crippen LogP contribution in [0.3, 0.4) is 0 Å². The molecule has 1 amide bonds. The Morgan fingerprint density at radius 2 is 1.66 bits per heavy atom. The Kier molecular flexibility index (Phi) is 10.9. The van der Waals surface area contributed by atoms with Gasteiger partial charge in [0.05, 0.1) is 35.3 Å². The number of carbonyl (C=O) groups excluding carboxylic acids is 1. The molecule has 0 saturated heterocycles. The van der Waals surface area contributed by atoms with Crippen molar-refractivity contribution in [3.8, 4) is 28.6 Å². The summed E-state index contributed by atoms with van der Waals surface area (Å²) in [7, 11) is 0. The molecule has 5 rings (SSSR count). The summed E-state index contributed by atoms with van der Waals surface area (Å²) < 4.78 is 18.5. The molecule has 0 bridgehead atoms. The Hall–Kier alpha value is -6.04. The number of amides is 1. The lowest BCUT2D eigenvalue weighted by molar-refractivity contribution is -0.385. The highest BCUT2D eigenvalue weighted by Crippen LogP contribution is 2.39. The van der Waals surface area contributed by atoms with E-state index in [9.17, 15) is 19.7 Å². The number of fused-ring (bicyclic) bond motifs is 1. The molecule has 5 aromatic rings. The van der Waals surface area contributed by atoms with Gasteiger partial charge in [0.2, 0.25) is 5.75 Å². The van der Waals surface area contributed by atoms with Gasteiger partial charge < -0.3 is 19.5 Å². The van der Waals surface area contributed by atoms with Crippen molar-refractivity contribution < 1.29 is 23.9 Å². The number of nitro benzene ring substituents is 1. The van der Waals surface area contributed by atoms with E-state index in [0.29, 0.717) is 34.6 Å². The first-order valence-corrected chi connectivity index (χ1v) is 16.3. The number of benzene rings is 4. The van der Waals surface area contributed by atoms with Crippen molar-refractivity contribution >= 4 is 34.4 Å². The van der Waals surface area contributed by atoms with Gasteiger partial charge in [-0.3, -0.25) is 19.7 Å². The first-order chi connectivity index (χ1) is 24.0. The van der Waals surface area contributed by atoms with Gasteiger partial charge in [0, 0.05) is 22.9 Å². The zero-order valence-corrected chi connectivity index (χ0v) is 28.9. The highest BCUT2D eigenvalue weighted by molar-refractivity contribution is 5.93. The van der Waals surface area contributed by atoms with Gasteiger partial charge in [-0.2, -0.15) is 9.78 Å². The van der Waals surface area contributed by atoms with E-state index >= 15 is 0 Å². The average molecular weight is 678 g/mol. The van der Waals surface area contributed by atoms with Crippen LogP contribution in [0.5, 0.6) is 17.2 Å². The Labute approximate surface area is 289 Å². The maximum Gasteiger partial charge on any atom is 0.315 e. The number of hydrogen-bond donors (Lipinski definition) is 1. The molecule has 0 aliphatic heterocycles. The number of carbonyl (C=O) groups is 1. The van der Waals surface area contributed by atoms with Crippen LogP contribution in [0, 0.1) is 24.0 Å². The maximum atomic E-state index is 13.9. The van der Waals surface area contributed by atoms with Gasteiger partial charge in [-0.15, -0.1) is 0 Å². The van der Waals surface area contributed by atoms with Gasteiger partial charge >= 0.3 is 5.69 Å². The lowest BCUT2D eigenvalue weighted by Gasteiger charge is -2.18. The third-order valence-electron chi connectivity index (χ3n) is 7.92.